The number of fused-ring (bicyclic) bond motifs is 1. The van der Waals surface area contributed by atoms with Crippen LogP contribution in [0.3, 0.4) is 0 Å². The molecule has 1 unspecified atom stereocenters. The minimum Gasteiger partial charge on any atom is -0.422 e. The molecule has 0 N–H and O–H groups in total. The highest BCUT2D eigenvalue weighted by Gasteiger charge is 2.56. The zero-order valence-electron chi connectivity index (χ0n) is 21.9. The third-order valence-electron chi connectivity index (χ3n) is 5.59. The summed E-state index contributed by atoms with van der Waals surface area (Å²) in [6.07, 6.45) is 3.46. The Morgan fingerprint density at radius 2 is 1.88 bits per heavy atom. The number of halogens is 2. The van der Waals surface area contributed by atoms with Crippen LogP contribution in [0.4, 0.5) is 14.5 Å². The summed E-state index contributed by atoms with van der Waals surface area (Å²) < 4.78 is 61.7. The second-order valence-corrected chi connectivity index (χ2v) is 12.9. The molecule has 0 saturated carbocycles. The number of nitro benzene ring substituents is 1. The van der Waals surface area contributed by atoms with Crippen LogP contribution in [0, 0.1) is 10.1 Å². The quantitative estimate of drug-likeness (QED) is 0.0357. The first-order chi connectivity index (χ1) is 20.0. The molecule has 0 bridgehead atoms. The van der Waals surface area contributed by atoms with Crippen molar-refractivity contribution in [2.45, 2.75) is 25.4 Å². The van der Waals surface area contributed by atoms with Gasteiger partial charge in [0.25, 0.3) is 5.69 Å². The molecule has 42 heavy (non-hydrogen) atoms. The van der Waals surface area contributed by atoms with Crippen molar-refractivity contribution in [1.29, 1.82) is 0 Å². The molecule has 0 amide bonds. The number of thiophene rings is 1. The molecule has 2 heterocycles. The van der Waals surface area contributed by atoms with Gasteiger partial charge in [-0.3, -0.25) is 24.4 Å². The maximum Gasteiger partial charge on any atom is 0.453 e. The van der Waals surface area contributed by atoms with Crippen LogP contribution in [-0.4, -0.2) is 33.4 Å². The number of nitrogens with zero attached hydrogens (tertiary/aromatic N) is 2. The van der Waals surface area contributed by atoms with Crippen LogP contribution in [0.15, 0.2) is 73.1 Å². The van der Waals surface area contributed by atoms with Gasteiger partial charge in [-0.25, -0.2) is 9.36 Å². The molecule has 0 aliphatic heterocycles. The zero-order chi connectivity index (χ0) is 30.3. The van der Waals surface area contributed by atoms with Gasteiger partial charge in [0.2, 0.25) is 0 Å². The third-order valence-corrected chi connectivity index (χ3v) is 9.50. The van der Waals surface area contributed by atoms with Crippen molar-refractivity contribution in [3.05, 3.63) is 93.6 Å². The number of rotatable bonds is 13. The Labute approximate surface area is 246 Å². The molecule has 4 aromatic rings. The molecule has 0 saturated heterocycles. The topological polar surface area (TPSA) is 135 Å². The van der Waals surface area contributed by atoms with E-state index < -0.39 is 36.3 Å². The molecule has 220 valence electrons. The molecular formula is C27H23F2N2O8PS2. The zero-order valence-corrected chi connectivity index (χ0v) is 24.5. The summed E-state index contributed by atoms with van der Waals surface area (Å²) in [7, 11) is -5.22. The highest BCUT2D eigenvalue weighted by molar-refractivity contribution is 8.13. The lowest BCUT2D eigenvalue weighted by molar-refractivity contribution is -0.384. The van der Waals surface area contributed by atoms with E-state index >= 15 is 8.78 Å². The van der Waals surface area contributed by atoms with Gasteiger partial charge < -0.3 is 9.26 Å². The number of aromatic nitrogens is 1. The number of hydrogen-bond donors (Lipinski definition) is 0. The fraction of sp³-hybridized carbons (Fsp3) is 0.222. The van der Waals surface area contributed by atoms with E-state index in [4.69, 9.17) is 13.8 Å². The molecule has 10 nitrogen and oxygen atoms in total. The van der Waals surface area contributed by atoms with E-state index in [9.17, 15) is 24.3 Å². The highest BCUT2D eigenvalue weighted by Crippen LogP contribution is 2.66. The first-order valence-electron chi connectivity index (χ1n) is 12.4. The second kappa shape index (κ2) is 13.5. The monoisotopic (exact) mass is 636 g/mol. The number of hydrogen-bond acceptors (Lipinski definition) is 11. The summed E-state index contributed by atoms with van der Waals surface area (Å²) in [5.41, 5.74) is -4.98. The van der Waals surface area contributed by atoms with E-state index in [1.807, 2.05) is 6.92 Å². The first kappa shape index (κ1) is 31.2. The molecule has 4 rings (SSSR count). The molecule has 0 aliphatic rings. The lowest BCUT2D eigenvalue weighted by Gasteiger charge is -2.27. The van der Waals surface area contributed by atoms with E-state index in [0.29, 0.717) is 17.5 Å². The van der Waals surface area contributed by atoms with Gasteiger partial charge in [-0.15, -0.1) is 11.3 Å². The highest BCUT2D eigenvalue weighted by atomic mass is 32.2. The minimum absolute atomic E-state index is 0.000892. The summed E-state index contributed by atoms with van der Waals surface area (Å²) in [4.78, 5) is 38.6. The predicted octanol–water partition coefficient (Wildman–Crippen LogP) is 7.82. The molecule has 2 aromatic heterocycles. The Bertz CT molecular complexity index is 1630. The summed E-state index contributed by atoms with van der Waals surface area (Å²) in [6.45, 7) is 1.40. The number of pyridine rings is 1. The molecule has 0 aliphatic carbocycles. The molecule has 0 fully saturated rings. The standard InChI is InChI=1S/C27H23F2N2O8PS2/c1-2-4-25(32)41-14-13-37-40(36,39-22-5-3-12-30-17-22)27(28,29)19-6-11-23-18(15-19)16-24(42-23)26(33)38-21-9-7-20(8-10-21)31(34)35/h3,5-12,15-17H,2,4,13-14H2,1H3. The van der Waals surface area contributed by atoms with E-state index in [0.717, 1.165) is 41.4 Å². The normalized spacial score (nSPS) is 12.9. The average Bonchev–Trinajstić information content (AvgIpc) is 3.40. The lowest BCUT2D eigenvalue weighted by Crippen LogP contribution is -2.20. The van der Waals surface area contributed by atoms with Gasteiger partial charge in [0.1, 0.15) is 16.4 Å². The van der Waals surface area contributed by atoms with Gasteiger partial charge in [-0.1, -0.05) is 24.8 Å². The van der Waals surface area contributed by atoms with Gasteiger partial charge in [0.15, 0.2) is 5.12 Å². The first-order valence-corrected chi connectivity index (χ1v) is 15.8. The second-order valence-electron chi connectivity index (χ2n) is 8.63. The fourth-order valence-corrected chi connectivity index (χ4v) is 6.86. The molecular weight excluding hydrogens is 613 g/mol. The molecule has 0 radical (unpaired) electrons. The lowest BCUT2D eigenvalue weighted by atomic mass is 10.1. The number of carbonyl (C=O) groups is 2. The van der Waals surface area contributed by atoms with Crippen LogP contribution in [0.25, 0.3) is 10.1 Å². The minimum atomic E-state index is -5.22. The summed E-state index contributed by atoms with van der Waals surface area (Å²) in [5, 5.41) is 10.9. The van der Waals surface area contributed by atoms with Crippen molar-refractivity contribution < 1.29 is 41.6 Å². The largest absolute Gasteiger partial charge is 0.453 e. The number of ether oxygens (including phenoxy) is 1. The Morgan fingerprint density at radius 3 is 2.55 bits per heavy atom. The van der Waals surface area contributed by atoms with Crippen LogP contribution in [0.2, 0.25) is 0 Å². The maximum absolute atomic E-state index is 15.9. The van der Waals surface area contributed by atoms with Gasteiger partial charge in [-0.2, -0.15) is 8.78 Å². The van der Waals surface area contributed by atoms with Crippen LogP contribution in [0.1, 0.15) is 35.0 Å². The van der Waals surface area contributed by atoms with Crippen LogP contribution < -0.4 is 9.26 Å². The van der Waals surface area contributed by atoms with E-state index in [2.05, 4.69) is 4.98 Å². The molecule has 1 atom stereocenters. The van der Waals surface area contributed by atoms with E-state index in [1.54, 1.807) is 0 Å². The average molecular weight is 637 g/mol. The number of carbonyl (C=O) groups excluding carboxylic acids is 2. The van der Waals surface area contributed by atoms with Crippen molar-refractivity contribution in [2.24, 2.45) is 0 Å². The fourth-order valence-electron chi connectivity index (χ4n) is 3.58. The Kier molecular flexibility index (Phi) is 10.0. The van der Waals surface area contributed by atoms with Crippen molar-refractivity contribution in [3.8, 4) is 11.5 Å². The number of thioether (sulfide) groups is 1. The van der Waals surface area contributed by atoms with Crippen molar-refractivity contribution in [2.75, 3.05) is 12.4 Å². The molecule has 15 heteroatoms. The Balaban J connectivity index is 1.56. The summed E-state index contributed by atoms with van der Waals surface area (Å²) >= 11 is 1.88. The van der Waals surface area contributed by atoms with Gasteiger partial charge >= 0.3 is 19.2 Å². The number of alkyl halides is 2. The van der Waals surface area contributed by atoms with Gasteiger partial charge in [0.05, 0.1) is 17.7 Å². The number of non-ortho nitro benzene ring substituents is 1. The maximum atomic E-state index is 15.9. The number of esters is 1. The van der Waals surface area contributed by atoms with Crippen LogP contribution >= 0.6 is 30.7 Å². The van der Waals surface area contributed by atoms with Crippen molar-refractivity contribution in [3.63, 3.8) is 0 Å². The van der Waals surface area contributed by atoms with E-state index in [1.165, 1.54) is 54.7 Å². The van der Waals surface area contributed by atoms with Gasteiger partial charge in [0, 0.05) is 40.8 Å². The smallest absolute Gasteiger partial charge is 0.422 e. The molecule has 2 aromatic carbocycles. The van der Waals surface area contributed by atoms with Crippen LogP contribution in [0.5, 0.6) is 11.5 Å². The van der Waals surface area contributed by atoms with Crippen LogP contribution in [-0.2, 0) is 19.5 Å². The van der Waals surface area contributed by atoms with Gasteiger partial charge in [-0.05, 0) is 54.3 Å². The predicted molar refractivity (Wildman–Crippen MR) is 155 cm³/mol. The molecule has 0 spiro atoms. The van der Waals surface area contributed by atoms with Crippen molar-refractivity contribution >= 4 is 57.6 Å². The Morgan fingerprint density at radius 1 is 1.12 bits per heavy atom. The van der Waals surface area contributed by atoms with Crippen molar-refractivity contribution in [1.82, 2.24) is 4.98 Å². The SMILES string of the molecule is CCCC(=O)SCCOP(=O)(Oc1cccnc1)C(F)(F)c1ccc2sc(C(=O)Oc3ccc([N+](=O)[O-])cc3)cc2c1. The summed E-state index contributed by atoms with van der Waals surface area (Å²) in [5.74, 6) is -0.917. The van der Waals surface area contributed by atoms with E-state index in [-0.39, 0.29) is 38.3 Å². The summed E-state index contributed by atoms with van der Waals surface area (Å²) in [6, 6.07) is 12.4. The number of nitro groups is 1. The third kappa shape index (κ3) is 7.37. The Hall–Kier alpha value is -3.71. The number of benzene rings is 2.